The second kappa shape index (κ2) is 9.81. The fourth-order valence-electron chi connectivity index (χ4n) is 3.24. The second-order valence-electron chi connectivity index (χ2n) is 7.38. The molecule has 0 aliphatic rings. The van der Waals surface area contributed by atoms with Crippen LogP contribution in [-0.4, -0.2) is 48.2 Å². The van der Waals surface area contributed by atoms with Crippen LogP contribution in [0, 0.1) is 0 Å². The maximum absolute atomic E-state index is 12.6. The van der Waals surface area contributed by atoms with Crippen molar-refractivity contribution in [2.45, 2.75) is 12.6 Å². The van der Waals surface area contributed by atoms with Crippen LogP contribution in [0.2, 0.25) is 5.02 Å². The number of aryl methyl sites for hydroxylation is 1. The number of benzene rings is 2. The highest BCUT2D eigenvalue weighted by atomic mass is 35.5. The Balaban J connectivity index is 1.62. The van der Waals surface area contributed by atoms with Gasteiger partial charge in [0, 0.05) is 17.6 Å². The van der Waals surface area contributed by atoms with Crippen molar-refractivity contribution in [3.8, 4) is 11.5 Å². The minimum Gasteiger partial charge on any atom is -0.507 e. The molecule has 0 spiro atoms. The van der Waals surface area contributed by atoms with Gasteiger partial charge in [-0.1, -0.05) is 23.7 Å². The number of aromatic amines is 1. The third-order valence-corrected chi connectivity index (χ3v) is 5.21. The summed E-state index contributed by atoms with van der Waals surface area (Å²) in [7, 11) is 1.47. The predicted octanol–water partition coefficient (Wildman–Crippen LogP) is 1.67. The van der Waals surface area contributed by atoms with Crippen LogP contribution in [0.25, 0.3) is 11.2 Å². The summed E-state index contributed by atoms with van der Waals surface area (Å²) in [6.45, 7) is -0.161. The van der Waals surface area contributed by atoms with Crippen LogP contribution in [-0.2, 0) is 13.6 Å². The highest BCUT2D eigenvalue weighted by Crippen LogP contribution is 2.19. The Kier molecular flexibility index (Phi) is 6.66. The van der Waals surface area contributed by atoms with Crippen molar-refractivity contribution in [3.63, 3.8) is 0 Å². The van der Waals surface area contributed by atoms with E-state index in [4.69, 9.17) is 16.3 Å². The lowest BCUT2D eigenvalue weighted by molar-refractivity contribution is 0.0938. The Morgan fingerprint density at radius 1 is 1.24 bits per heavy atom. The molecule has 0 saturated carbocycles. The Hall–Kier alpha value is -4.09. The molecule has 0 aliphatic heterocycles. The Labute approximate surface area is 197 Å². The molecule has 34 heavy (non-hydrogen) atoms. The average Bonchev–Trinajstić information content (AvgIpc) is 3.17. The fraction of sp³-hybridized carbons (Fsp3) is 0.182. The van der Waals surface area contributed by atoms with Gasteiger partial charge in [0.05, 0.1) is 12.8 Å². The summed E-state index contributed by atoms with van der Waals surface area (Å²) < 4.78 is 8.18. The molecule has 1 atom stereocenters. The normalized spacial score (nSPS) is 12.3. The number of para-hydroxylation sites is 1. The predicted molar refractivity (Wildman–Crippen MR) is 128 cm³/mol. The van der Waals surface area contributed by atoms with Crippen molar-refractivity contribution in [2.24, 2.45) is 12.1 Å². The number of ether oxygens (including phenoxy) is 1. The van der Waals surface area contributed by atoms with E-state index >= 15 is 0 Å². The van der Waals surface area contributed by atoms with Gasteiger partial charge in [-0.3, -0.25) is 14.3 Å². The Morgan fingerprint density at radius 3 is 2.71 bits per heavy atom. The molecule has 4 N–H and O–H groups in total. The maximum Gasteiger partial charge on any atom is 0.329 e. The molecule has 2 aromatic heterocycles. The molecule has 2 heterocycles. The standard InChI is InChI=1S/C22H21ClN6O5/c1-28-19-18(20(32)26-22(28)33)29(11-15(30)12-34-16-8-6-14(23)7-9-16)21(25-19)27-24-10-13-4-2-3-5-17(13)31/h2-10,15,30-31H,11-12H2,1H3,(H,25,27)(H,26,32,33)/b24-10-/t15-/m0/s1. The number of nitrogens with zero attached hydrogens (tertiary/aromatic N) is 4. The zero-order valence-electron chi connectivity index (χ0n) is 18.0. The van der Waals surface area contributed by atoms with Crippen molar-refractivity contribution in [3.05, 3.63) is 80.0 Å². The fourth-order valence-corrected chi connectivity index (χ4v) is 3.37. The van der Waals surface area contributed by atoms with Crippen LogP contribution in [0.3, 0.4) is 0 Å². The van der Waals surface area contributed by atoms with E-state index in [1.165, 1.54) is 28.5 Å². The van der Waals surface area contributed by atoms with Crippen LogP contribution >= 0.6 is 11.6 Å². The number of anilines is 1. The lowest BCUT2D eigenvalue weighted by Gasteiger charge is -2.15. The first-order valence-corrected chi connectivity index (χ1v) is 10.5. The van der Waals surface area contributed by atoms with Gasteiger partial charge < -0.3 is 19.5 Å². The van der Waals surface area contributed by atoms with Crippen LogP contribution in [0.4, 0.5) is 5.95 Å². The average molecular weight is 485 g/mol. The van der Waals surface area contributed by atoms with Gasteiger partial charge in [0.15, 0.2) is 11.2 Å². The van der Waals surface area contributed by atoms with E-state index < -0.39 is 17.4 Å². The van der Waals surface area contributed by atoms with Crippen LogP contribution in [0.1, 0.15) is 5.56 Å². The van der Waals surface area contributed by atoms with Crippen molar-refractivity contribution in [1.82, 2.24) is 19.1 Å². The molecule has 4 aromatic rings. The van der Waals surface area contributed by atoms with Gasteiger partial charge in [0.2, 0.25) is 5.95 Å². The van der Waals surface area contributed by atoms with E-state index in [1.54, 1.807) is 42.5 Å². The number of phenolic OH excluding ortho intramolecular Hbond substituents is 1. The van der Waals surface area contributed by atoms with Gasteiger partial charge in [-0.2, -0.15) is 10.1 Å². The molecule has 0 radical (unpaired) electrons. The Bertz CT molecular complexity index is 1460. The van der Waals surface area contributed by atoms with E-state index in [2.05, 4.69) is 20.5 Å². The lowest BCUT2D eigenvalue weighted by atomic mass is 10.2. The van der Waals surface area contributed by atoms with Crippen LogP contribution < -0.4 is 21.4 Å². The first-order valence-electron chi connectivity index (χ1n) is 10.2. The second-order valence-corrected chi connectivity index (χ2v) is 7.82. The number of aromatic hydroxyl groups is 1. The number of aromatic nitrogens is 4. The number of rotatable bonds is 8. The molecule has 0 bridgehead atoms. The zero-order valence-corrected chi connectivity index (χ0v) is 18.7. The third-order valence-electron chi connectivity index (χ3n) is 4.96. The summed E-state index contributed by atoms with van der Waals surface area (Å²) in [5, 5.41) is 25.1. The van der Waals surface area contributed by atoms with Gasteiger partial charge >= 0.3 is 5.69 Å². The van der Waals surface area contributed by atoms with E-state index in [-0.39, 0.29) is 36.0 Å². The molecule has 4 rings (SSSR count). The summed E-state index contributed by atoms with van der Waals surface area (Å²) in [6, 6.07) is 13.3. The van der Waals surface area contributed by atoms with Crippen molar-refractivity contribution in [1.29, 1.82) is 0 Å². The number of aliphatic hydroxyl groups is 1. The molecule has 0 aliphatic carbocycles. The van der Waals surface area contributed by atoms with Crippen molar-refractivity contribution < 1.29 is 14.9 Å². The molecule has 12 heteroatoms. The quantitative estimate of drug-likeness (QED) is 0.220. The Morgan fingerprint density at radius 2 is 1.97 bits per heavy atom. The van der Waals surface area contributed by atoms with E-state index in [0.717, 1.165) is 0 Å². The number of nitrogens with one attached hydrogen (secondary N) is 2. The first-order chi connectivity index (χ1) is 16.3. The molecule has 2 aromatic carbocycles. The topological polar surface area (TPSA) is 147 Å². The van der Waals surface area contributed by atoms with Crippen molar-refractivity contribution in [2.75, 3.05) is 12.0 Å². The largest absolute Gasteiger partial charge is 0.507 e. The molecular weight excluding hydrogens is 464 g/mol. The number of halogens is 1. The monoisotopic (exact) mass is 484 g/mol. The highest BCUT2D eigenvalue weighted by Gasteiger charge is 2.20. The summed E-state index contributed by atoms with van der Waals surface area (Å²) in [6.07, 6.45) is 0.343. The molecule has 0 unspecified atom stereocenters. The third kappa shape index (κ3) is 4.95. The smallest absolute Gasteiger partial charge is 0.329 e. The number of fused-ring (bicyclic) bond motifs is 1. The number of hydrazone groups is 1. The summed E-state index contributed by atoms with van der Waals surface area (Å²) in [5.41, 5.74) is 2.07. The van der Waals surface area contributed by atoms with Crippen molar-refractivity contribution >= 4 is 34.9 Å². The number of phenols is 1. The minimum atomic E-state index is -1.03. The minimum absolute atomic E-state index is 0.0372. The SMILES string of the molecule is Cn1c(=O)[nH]c(=O)c2c1nc(N/N=C\c1ccccc1O)n2C[C@H](O)COc1ccc(Cl)cc1. The van der Waals surface area contributed by atoms with Crippen LogP contribution in [0.5, 0.6) is 11.5 Å². The van der Waals surface area contributed by atoms with E-state index in [0.29, 0.717) is 16.3 Å². The summed E-state index contributed by atoms with van der Waals surface area (Å²) in [5.74, 6) is 0.666. The zero-order chi connectivity index (χ0) is 24.2. The van der Waals surface area contributed by atoms with Gasteiger partial charge in [-0.15, -0.1) is 0 Å². The summed E-state index contributed by atoms with van der Waals surface area (Å²) >= 11 is 5.87. The number of imidazole rings is 1. The maximum atomic E-state index is 12.6. The molecule has 0 fully saturated rings. The molecular formula is C22H21ClN6O5. The van der Waals surface area contributed by atoms with Gasteiger partial charge in [0.25, 0.3) is 5.56 Å². The number of H-pyrrole nitrogens is 1. The van der Waals surface area contributed by atoms with Gasteiger partial charge in [0.1, 0.15) is 24.2 Å². The first kappa shape index (κ1) is 23.1. The lowest BCUT2D eigenvalue weighted by Crippen LogP contribution is -2.30. The van der Waals surface area contributed by atoms with E-state index in [1.807, 2.05) is 0 Å². The molecule has 176 valence electrons. The van der Waals surface area contributed by atoms with Gasteiger partial charge in [-0.25, -0.2) is 10.2 Å². The summed E-state index contributed by atoms with van der Waals surface area (Å²) in [4.78, 5) is 31.1. The molecule has 0 saturated heterocycles. The van der Waals surface area contributed by atoms with Crippen LogP contribution in [0.15, 0.2) is 63.2 Å². The molecule has 0 amide bonds. The number of hydrogen-bond acceptors (Lipinski definition) is 8. The van der Waals surface area contributed by atoms with Gasteiger partial charge in [-0.05, 0) is 36.4 Å². The number of hydrogen-bond donors (Lipinski definition) is 4. The highest BCUT2D eigenvalue weighted by molar-refractivity contribution is 6.30. The van der Waals surface area contributed by atoms with E-state index in [9.17, 15) is 19.8 Å². The molecule has 11 nitrogen and oxygen atoms in total. The number of aliphatic hydroxyl groups excluding tert-OH is 1.